The van der Waals surface area contributed by atoms with Crippen LogP contribution in [0, 0.1) is 12.7 Å². The Hall–Kier alpha value is -3.54. The molecule has 1 N–H and O–H groups in total. The Kier molecular flexibility index (Phi) is 3.73. The summed E-state index contributed by atoms with van der Waals surface area (Å²) in [5, 5.41) is 3.69. The van der Waals surface area contributed by atoms with E-state index in [0.717, 1.165) is 6.07 Å². The molecule has 2 heterocycles. The Bertz CT molecular complexity index is 1230. The number of nitrogens with zero attached hydrogens (tertiary/aromatic N) is 1. The highest BCUT2D eigenvalue weighted by molar-refractivity contribution is 6.06. The van der Waals surface area contributed by atoms with Crippen LogP contribution in [0.25, 0.3) is 21.9 Å². The number of hydrogen-bond donors (Lipinski definition) is 1. The summed E-state index contributed by atoms with van der Waals surface area (Å²) in [6, 6.07) is 14.0. The van der Waals surface area contributed by atoms with Gasteiger partial charge in [-0.3, -0.25) is 4.79 Å². The van der Waals surface area contributed by atoms with Crippen LogP contribution in [0.1, 0.15) is 15.9 Å². The number of fused-ring (bicyclic) bond motifs is 3. The average molecular weight is 348 g/mol. The Labute approximate surface area is 147 Å². The number of aryl methyl sites for hydroxylation is 1. The third-order valence-electron chi connectivity index (χ3n) is 4.09. The number of carbonyl (C=O) groups excluding carboxylic acids is 1. The molecule has 128 valence electrons. The monoisotopic (exact) mass is 348 g/mol. The first-order valence-electron chi connectivity index (χ1n) is 7.93. The molecule has 0 radical (unpaired) electrons. The number of rotatable bonds is 2. The van der Waals surface area contributed by atoms with Crippen molar-refractivity contribution in [1.29, 1.82) is 0 Å². The first-order chi connectivity index (χ1) is 12.5. The highest BCUT2D eigenvalue weighted by Gasteiger charge is 2.14. The summed E-state index contributed by atoms with van der Waals surface area (Å²) < 4.78 is 18.7. The third kappa shape index (κ3) is 2.71. The zero-order chi connectivity index (χ0) is 18.3. The summed E-state index contributed by atoms with van der Waals surface area (Å²) >= 11 is 0. The molecular weight excluding hydrogens is 335 g/mol. The molecule has 1 amide bonds. The van der Waals surface area contributed by atoms with Crippen molar-refractivity contribution in [2.24, 2.45) is 0 Å². The molecule has 0 fully saturated rings. The van der Waals surface area contributed by atoms with E-state index in [-0.39, 0.29) is 11.4 Å². The van der Waals surface area contributed by atoms with Crippen LogP contribution in [0.15, 0.2) is 63.8 Å². The van der Waals surface area contributed by atoms with Crippen molar-refractivity contribution in [3.63, 3.8) is 0 Å². The van der Waals surface area contributed by atoms with E-state index in [1.165, 1.54) is 18.2 Å². The van der Waals surface area contributed by atoms with Crippen LogP contribution >= 0.6 is 0 Å². The van der Waals surface area contributed by atoms with E-state index in [0.29, 0.717) is 27.4 Å². The number of pyridine rings is 1. The van der Waals surface area contributed by atoms with Crippen LogP contribution in [0.5, 0.6) is 0 Å². The number of benzene rings is 2. The highest BCUT2D eigenvalue weighted by Crippen LogP contribution is 2.25. The van der Waals surface area contributed by atoms with Crippen molar-refractivity contribution < 1.29 is 13.6 Å². The fourth-order valence-corrected chi connectivity index (χ4v) is 2.91. The summed E-state index contributed by atoms with van der Waals surface area (Å²) in [6.07, 6.45) is 0. The molecule has 0 saturated carbocycles. The molecule has 2 aromatic heterocycles. The van der Waals surface area contributed by atoms with Crippen LogP contribution < -0.4 is 10.9 Å². The van der Waals surface area contributed by atoms with Crippen LogP contribution in [-0.4, -0.2) is 10.9 Å². The van der Waals surface area contributed by atoms with Crippen molar-refractivity contribution in [2.75, 3.05) is 5.32 Å². The molecule has 26 heavy (non-hydrogen) atoms. The van der Waals surface area contributed by atoms with E-state index in [4.69, 9.17) is 4.42 Å². The van der Waals surface area contributed by atoms with Gasteiger partial charge in [0.15, 0.2) is 0 Å². The molecule has 0 aliphatic rings. The summed E-state index contributed by atoms with van der Waals surface area (Å²) in [6.45, 7) is 1.74. The van der Waals surface area contributed by atoms with Gasteiger partial charge in [0.2, 0.25) is 0 Å². The predicted octanol–water partition coefficient (Wildman–Crippen LogP) is 4.04. The lowest BCUT2D eigenvalue weighted by molar-refractivity contribution is 0.102. The fraction of sp³-hybridized carbons (Fsp3) is 0.0500. The fourth-order valence-electron chi connectivity index (χ4n) is 2.91. The number of aromatic nitrogens is 1. The van der Waals surface area contributed by atoms with E-state index >= 15 is 0 Å². The quantitative estimate of drug-likeness (QED) is 0.438. The zero-order valence-corrected chi connectivity index (χ0v) is 13.7. The second-order valence-corrected chi connectivity index (χ2v) is 5.90. The lowest BCUT2D eigenvalue weighted by Crippen LogP contribution is -2.14. The van der Waals surface area contributed by atoms with Crippen molar-refractivity contribution in [3.05, 3.63) is 82.0 Å². The highest BCUT2D eigenvalue weighted by atomic mass is 19.1. The van der Waals surface area contributed by atoms with E-state index in [2.05, 4.69) is 10.3 Å². The number of hydrogen-bond acceptors (Lipinski definition) is 4. The SMILES string of the molecule is Cc1cc(NC(=O)c2cccc(F)c2)nc2c1c(=O)oc1ccccc12. The molecular formula is C20H13FN2O3. The van der Waals surface area contributed by atoms with Gasteiger partial charge < -0.3 is 9.73 Å². The minimum atomic E-state index is -0.496. The van der Waals surface area contributed by atoms with Crippen LogP contribution in [-0.2, 0) is 0 Å². The maximum atomic E-state index is 13.3. The Morgan fingerprint density at radius 3 is 2.73 bits per heavy atom. The number of anilines is 1. The topological polar surface area (TPSA) is 72.2 Å². The second-order valence-electron chi connectivity index (χ2n) is 5.90. The van der Waals surface area contributed by atoms with Crippen LogP contribution in [0.2, 0.25) is 0 Å². The van der Waals surface area contributed by atoms with Gasteiger partial charge in [0.1, 0.15) is 17.2 Å². The number of nitrogens with one attached hydrogen (secondary N) is 1. The number of para-hydroxylation sites is 1. The Morgan fingerprint density at radius 1 is 1.12 bits per heavy atom. The normalized spacial score (nSPS) is 11.0. The maximum absolute atomic E-state index is 13.3. The van der Waals surface area contributed by atoms with Crippen LogP contribution in [0.4, 0.5) is 10.2 Å². The lowest BCUT2D eigenvalue weighted by atomic mass is 10.1. The summed E-state index contributed by atoms with van der Waals surface area (Å²) in [5.41, 5.74) is 1.20. The third-order valence-corrected chi connectivity index (χ3v) is 4.09. The number of carbonyl (C=O) groups is 1. The summed E-state index contributed by atoms with van der Waals surface area (Å²) in [4.78, 5) is 29.0. The molecule has 2 aromatic carbocycles. The molecule has 5 nitrogen and oxygen atoms in total. The van der Waals surface area contributed by atoms with E-state index in [1.807, 2.05) is 6.07 Å². The average Bonchev–Trinajstić information content (AvgIpc) is 2.61. The maximum Gasteiger partial charge on any atom is 0.346 e. The minimum absolute atomic E-state index is 0.182. The van der Waals surface area contributed by atoms with Crippen molar-refractivity contribution >= 4 is 33.6 Å². The van der Waals surface area contributed by atoms with Crippen molar-refractivity contribution in [3.8, 4) is 0 Å². The molecule has 4 rings (SSSR count). The first-order valence-corrected chi connectivity index (χ1v) is 7.93. The van der Waals surface area contributed by atoms with Gasteiger partial charge in [-0.25, -0.2) is 14.2 Å². The van der Waals surface area contributed by atoms with E-state index in [9.17, 15) is 14.0 Å². The molecule has 4 aromatic rings. The smallest absolute Gasteiger partial charge is 0.346 e. The largest absolute Gasteiger partial charge is 0.422 e. The molecule has 0 spiro atoms. The minimum Gasteiger partial charge on any atom is -0.422 e. The molecule has 6 heteroatoms. The van der Waals surface area contributed by atoms with Crippen molar-refractivity contribution in [1.82, 2.24) is 4.98 Å². The van der Waals surface area contributed by atoms with Gasteiger partial charge in [-0.05, 0) is 48.9 Å². The molecule has 0 atom stereocenters. The van der Waals surface area contributed by atoms with Gasteiger partial charge in [-0.2, -0.15) is 0 Å². The molecule has 0 unspecified atom stereocenters. The van der Waals surface area contributed by atoms with Crippen molar-refractivity contribution in [2.45, 2.75) is 6.92 Å². The van der Waals surface area contributed by atoms with Gasteiger partial charge in [-0.15, -0.1) is 0 Å². The number of halogens is 1. The molecule has 0 aliphatic carbocycles. The van der Waals surface area contributed by atoms with Gasteiger partial charge in [0, 0.05) is 10.9 Å². The predicted molar refractivity (Wildman–Crippen MR) is 96.9 cm³/mol. The summed E-state index contributed by atoms with van der Waals surface area (Å²) in [7, 11) is 0. The molecule has 0 saturated heterocycles. The van der Waals surface area contributed by atoms with E-state index in [1.54, 1.807) is 31.2 Å². The first kappa shape index (κ1) is 16.0. The van der Waals surface area contributed by atoms with Gasteiger partial charge in [0.25, 0.3) is 5.91 Å². The van der Waals surface area contributed by atoms with E-state index < -0.39 is 17.3 Å². The Balaban J connectivity index is 1.85. The molecule has 0 bridgehead atoms. The van der Waals surface area contributed by atoms with Gasteiger partial charge in [0.05, 0.1) is 10.9 Å². The Morgan fingerprint density at radius 2 is 1.92 bits per heavy atom. The second kappa shape index (κ2) is 6.07. The van der Waals surface area contributed by atoms with Crippen LogP contribution in [0.3, 0.4) is 0 Å². The zero-order valence-electron chi connectivity index (χ0n) is 13.7. The van der Waals surface area contributed by atoms with Gasteiger partial charge >= 0.3 is 5.63 Å². The van der Waals surface area contributed by atoms with Gasteiger partial charge in [-0.1, -0.05) is 18.2 Å². The number of amides is 1. The standard InChI is InChI=1S/C20H13FN2O3/c1-11-9-16(23-19(24)12-5-4-6-13(21)10-12)22-18-14-7-2-3-8-15(14)26-20(25)17(11)18/h2-10H,1H3,(H,22,23,24). The molecule has 0 aliphatic heterocycles. The summed E-state index contributed by atoms with van der Waals surface area (Å²) in [5.74, 6) is -0.702. The lowest BCUT2D eigenvalue weighted by Gasteiger charge is -2.09.